The number of halogens is 4. The first kappa shape index (κ1) is 24.3. The summed E-state index contributed by atoms with van der Waals surface area (Å²) in [6.07, 6.45) is -2.18. The monoisotopic (exact) mass is 520 g/mol. The van der Waals surface area contributed by atoms with E-state index in [1.54, 1.807) is 6.08 Å². The number of esters is 1. The second-order valence-electron chi connectivity index (χ2n) is 8.09. The Balaban J connectivity index is 1.50. The van der Waals surface area contributed by atoms with Crippen molar-refractivity contribution in [1.29, 1.82) is 0 Å². The van der Waals surface area contributed by atoms with Crippen LogP contribution in [-0.2, 0) is 11.0 Å². The van der Waals surface area contributed by atoms with E-state index in [9.17, 15) is 22.8 Å². The summed E-state index contributed by atoms with van der Waals surface area (Å²) in [4.78, 5) is 25.5. The number of rotatable bonds is 4. The highest BCUT2D eigenvalue weighted by Gasteiger charge is 2.39. The van der Waals surface area contributed by atoms with Crippen LogP contribution in [0.1, 0.15) is 11.3 Å². The summed E-state index contributed by atoms with van der Waals surface area (Å²) >= 11 is 6.08. The fourth-order valence-electron chi connectivity index (χ4n) is 4.05. The minimum Gasteiger partial charge on any atom is -0.450 e. The van der Waals surface area contributed by atoms with Gasteiger partial charge >= 0.3 is 12.1 Å². The van der Waals surface area contributed by atoms with E-state index in [1.165, 1.54) is 42.5 Å². The lowest BCUT2D eigenvalue weighted by Gasteiger charge is -2.14. The molecule has 0 amide bonds. The molecule has 4 aromatic carbocycles. The van der Waals surface area contributed by atoms with E-state index in [2.05, 4.69) is 0 Å². The Morgan fingerprint density at radius 1 is 0.892 bits per heavy atom. The zero-order valence-corrected chi connectivity index (χ0v) is 19.6. The van der Waals surface area contributed by atoms with Gasteiger partial charge in [0.15, 0.2) is 0 Å². The van der Waals surface area contributed by atoms with E-state index >= 15 is 0 Å². The van der Waals surface area contributed by atoms with E-state index in [0.29, 0.717) is 0 Å². The van der Waals surface area contributed by atoms with Crippen LogP contribution >= 0.6 is 11.6 Å². The molecule has 0 radical (unpaired) electrons. The number of benzene rings is 4. The van der Waals surface area contributed by atoms with Gasteiger partial charge in [-0.15, -0.1) is 0 Å². The third-order valence-corrected chi connectivity index (χ3v) is 6.03. The van der Waals surface area contributed by atoms with Crippen molar-refractivity contribution < 1.29 is 27.1 Å². The van der Waals surface area contributed by atoms with Gasteiger partial charge in [0.2, 0.25) is 11.2 Å². The van der Waals surface area contributed by atoms with Gasteiger partial charge in [-0.3, -0.25) is 4.79 Å². The van der Waals surface area contributed by atoms with Crippen LogP contribution in [0.2, 0.25) is 5.02 Å². The van der Waals surface area contributed by atoms with Crippen molar-refractivity contribution in [3.8, 4) is 16.9 Å². The molecule has 0 bridgehead atoms. The molecule has 4 nitrogen and oxygen atoms in total. The zero-order valence-electron chi connectivity index (χ0n) is 18.9. The molecule has 0 aliphatic carbocycles. The molecule has 0 unspecified atom stereocenters. The van der Waals surface area contributed by atoms with Gasteiger partial charge in [0.1, 0.15) is 11.3 Å². The van der Waals surface area contributed by atoms with Gasteiger partial charge in [-0.25, -0.2) is 4.79 Å². The number of carbonyl (C=O) groups is 1. The molecule has 0 aliphatic heterocycles. The summed E-state index contributed by atoms with van der Waals surface area (Å²) in [6, 6.07) is 22.6. The Hall–Kier alpha value is -4.36. The SMILES string of the molecule is O=C(/C=C/c1cccc2ccccc12)Oc1ccc2c(=O)c(-c3ccccc3Cl)c(C(F)(F)F)oc2c1. The molecule has 0 saturated heterocycles. The zero-order chi connectivity index (χ0) is 26.2. The van der Waals surface area contributed by atoms with Gasteiger partial charge < -0.3 is 9.15 Å². The molecule has 0 fully saturated rings. The van der Waals surface area contributed by atoms with Crippen LogP contribution in [0.25, 0.3) is 38.9 Å². The Labute approximate surface area is 213 Å². The highest BCUT2D eigenvalue weighted by molar-refractivity contribution is 6.33. The fraction of sp³-hybridized carbons (Fsp3) is 0.0345. The third kappa shape index (κ3) is 4.86. The number of hydrogen-bond acceptors (Lipinski definition) is 4. The molecule has 0 aliphatic rings. The molecule has 1 heterocycles. The number of fused-ring (bicyclic) bond motifs is 2. The van der Waals surface area contributed by atoms with Gasteiger partial charge in [-0.1, -0.05) is 72.3 Å². The van der Waals surface area contributed by atoms with Crippen molar-refractivity contribution in [2.24, 2.45) is 0 Å². The first-order valence-corrected chi connectivity index (χ1v) is 11.4. The molecule has 1 aromatic heterocycles. The number of hydrogen-bond donors (Lipinski definition) is 0. The van der Waals surface area contributed by atoms with Crippen molar-refractivity contribution in [3.63, 3.8) is 0 Å². The molecule has 0 spiro atoms. The Kier molecular flexibility index (Phi) is 6.31. The maximum absolute atomic E-state index is 13.9. The second-order valence-corrected chi connectivity index (χ2v) is 8.50. The quantitative estimate of drug-likeness (QED) is 0.137. The topological polar surface area (TPSA) is 56.5 Å². The smallest absolute Gasteiger partial charge is 0.450 e. The molecular weight excluding hydrogens is 505 g/mol. The van der Waals surface area contributed by atoms with Crippen LogP contribution in [0.5, 0.6) is 5.75 Å². The van der Waals surface area contributed by atoms with E-state index in [0.717, 1.165) is 22.4 Å². The lowest BCUT2D eigenvalue weighted by atomic mass is 10.0. The summed E-state index contributed by atoms with van der Waals surface area (Å²) in [5.74, 6) is -2.32. The molecule has 0 atom stereocenters. The molecule has 0 N–H and O–H groups in total. The average molecular weight is 521 g/mol. The maximum atomic E-state index is 13.9. The molecule has 184 valence electrons. The largest absolute Gasteiger partial charge is 0.450 e. The van der Waals surface area contributed by atoms with Crippen molar-refractivity contribution in [3.05, 3.63) is 118 Å². The van der Waals surface area contributed by atoms with Crippen LogP contribution in [0, 0.1) is 0 Å². The lowest BCUT2D eigenvalue weighted by Crippen LogP contribution is -2.16. The summed E-state index contributed by atoms with van der Waals surface area (Å²) < 4.78 is 52.1. The van der Waals surface area contributed by atoms with Crippen molar-refractivity contribution in [2.45, 2.75) is 6.18 Å². The molecule has 5 aromatic rings. The van der Waals surface area contributed by atoms with Crippen LogP contribution < -0.4 is 10.2 Å². The van der Waals surface area contributed by atoms with E-state index in [4.69, 9.17) is 20.8 Å². The normalized spacial score (nSPS) is 11.9. The minimum atomic E-state index is -4.98. The summed E-state index contributed by atoms with van der Waals surface area (Å²) in [6.45, 7) is 0. The van der Waals surface area contributed by atoms with Gasteiger partial charge in [-0.05, 0) is 40.6 Å². The first-order valence-electron chi connectivity index (χ1n) is 11.0. The van der Waals surface area contributed by atoms with Gasteiger partial charge in [-0.2, -0.15) is 13.2 Å². The Morgan fingerprint density at radius 3 is 2.41 bits per heavy atom. The van der Waals surface area contributed by atoms with Gasteiger partial charge in [0.05, 0.1) is 10.9 Å². The van der Waals surface area contributed by atoms with Crippen molar-refractivity contribution in [2.75, 3.05) is 0 Å². The minimum absolute atomic E-state index is 0.0248. The summed E-state index contributed by atoms with van der Waals surface area (Å²) in [5, 5.41) is 1.80. The van der Waals surface area contributed by atoms with Crippen molar-refractivity contribution in [1.82, 2.24) is 0 Å². The van der Waals surface area contributed by atoms with E-state index < -0.39 is 28.9 Å². The number of carbonyl (C=O) groups excluding carboxylic acids is 1. The van der Waals surface area contributed by atoms with Crippen molar-refractivity contribution >= 4 is 45.4 Å². The molecular formula is C29H16ClF3O4. The molecule has 8 heteroatoms. The standard InChI is InChI=1S/C29H16ClF3O4/c30-23-11-4-3-10-21(23)26-27(35)22-14-13-19(16-24(22)37-28(26)29(31,32)33)36-25(34)15-12-18-8-5-7-17-6-1-2-9-20(17)18/h1-16H/b15-12+. The van der Waals surface area contributed by atoms with Crippen LogP contribution in [0.3, 0.4) is 0 Å². The third-order valence-electron chi connectivity index (χ3n) is 5.71. The Morgan fingerprint density at radius 2 is 1.62 bits per heavy atom. The Bertz CT molecular complexity index is 1750. The highest BCUT2D eigenvalue weighted by Crippen LogP contribution is 2.39. The van der Waals surface area contributed by atoms with Crippen LogP contribution in [0.15, 0.2) is 100 Å². The first-order chi connectivity index (χ1) is 17.7. The lowest BCUT2D eigenvalue weighted by molar-refractivity contribution is -0.152. The highest BCUT2D eigenvalue weighted by atomic mass is 35.5. The summed E-state index contributed by atoms with van der Waals surface area (Å²) in [7, 11) is 0. The number of ether oxygens (including phenoxy) is 1. The molecule has 37 heavy (non-hydrogen) atoms. The van der Waals surface area contributed by atoms with Crippen LogP contribution in [0.4, 0.5) is 13.2 Å². The second kappa shape index (κ2) is 9.59. The van der Waals surface area contributed by atoms with Gasteiger partial charge in [0, 0.05) is 22.7 Å². The fourth-order valence-corrected chi connectivity index (χ4v) is 4.28. The molecule has 5 rings (SSSR count). The number of alkyl halides is 3. The average Bonchev–Trinajstić information content (AvgIpc) is 2.87. The maximum Gasteiger partial charge on any atom is 0.450 e. The molecule has 0 saturated carbocycles. The van der Waals surface area contributed by atoms with E-state index in [-0.39, 0.29) is 27.3 Å². The van der Waals surface area contributed by atoms with Gasteiger partial charge in [0.25, 0.3) is 0 Å². The van der Waals surface area contributed by atoms with Crippen LogP contribution in [-0.4, -0.2) is 5.97 Å². The predicted molar refractivity (Wildman–Crippen MR) is 137 cm³/mol. The predicted octanol–water partition coefficient (Wildman–Crippen LogP) is 7.90. The van der Waals surface area contributed by atoms with E-state index in [1.807, 2.05) is 42.5 Å². The summed E-state index contributed by atoms with van der Waals surface area (Å²) in [5.41, 5.74) is -1.28.